The molecule has 2 rings (SSSR count). The summed E-state index contributed by atoms with van der Waals surface area (Å²) in [6.07, 6.45) is 1.79. The normalized spacial score (nSPS) is 12.7. The number of nitrogens with one attached hydrogen (secondary N) is 1. The average molecular weight is 378 g/mol. The van der Waals surface area contributed by atoms with Gasteiger partial charge in [-0.15, -0.1) is 0 Å². The second kappa shape index (κ2) is 8.21. The lowest BCUT2D eigenvalue weighted by atomic mass is 9.78. The van der Waals surface area contributed by atoms with E-state index in [1.165, 1.54) is 6.07 Å². The lowest BCUT2D eigenvalue weighted by Gasteiger charge is -2.32. The van der Waals surface area contributed by atoms with Crippen LogP contribution in [0.2, 0.25) is 0 Å². The fourth-order valence-corrected chi connectivity index (χ4v) is 2.59. The molecule has 1 N–H and O–H groups in total. The summed E-state index contributed by atoms with van der Waals surface area (Å²) in [5, 5.41) is 21.7. The van der Waals surface area contributed by atoms with Crippen molar-refractivity contribution < 1.29 is 14.3 Å². The van der Waals surface area contributed by atoms with Crippen LogP contribution in [0.15, 0.2) is 16.8 Å². The Bertz CT molecular complexity index is 783. The SMILES string of the molecule is CC(C)C(C)(C)CCOC(C)(C)CCNc1ccc([N+](=O)[O-])c2nonc12. The molecule has 0 atom stereocenters. The van der Waals surface area contributed by atoms with Crippen molar-refractivity contribution in [2.45, 2.75) is 60.0 Å². The van der Waals surface area contributed by atoms with Gasteiger partial charge in [0.2, 0.25) is 5.52 Å². The summed E-state index contributed by atoms with van der Waals surface area (Å²) in [6, 6.07) is 3.04. The average Bonchev–Trinajstić information content (AvgIpc) is 3.03. The van der Waals surface area contributed by atoms with Crippen molar-refractivity contribution in [2.75, 3.05) is 18.5 Å². The molecular formula is C19H30N4O4. The molecule has 0 bridgehead atoms. The minimum Gasteiger partial charge on any atom is -0.383 e. The van der Waals surface area contributed by atoms with Crippen LogP contribution in [0.25, 0.3) is 11.0 Å². The monoisotopic (exact) mass is 378 g/mol. The maximum absolute atomic E-state index is 11.0. The Morgan fingerprint density at radius 1 is 1.19 bits per heavy atom. The van der Waals surface area contributed by atoms with Gasteiger partial charge in [0.1, 0.15) is 0 Å². The molecule has 8 nitrogen and oxygen atoms in total. The number of non-ortho nitro benzene ring substituents is 1. The lowest BCUT2D eigenvalue weighted by molar-refractivity contribution is -0.383. The minimum atomic E-state index is -0.494. The Morgan fingerprint density at radius 3 is 2.48 bits per heavy atom. The van der Waals surface area contributed by atoms with Crippen molar-refractivity contribution in [3.8, 4) is 0 Å². The summed E-state index contributed by atoms with van der Waals surface area (Å²) >= 11 is 0. The fourth-order valence-electron chi connectivity index (χ4n) is 2.59. The number of hydrogen-bond donors (Lipinski definition) is 1. The first-order valence-electron chi connectivity index (χ1n) is 9.31. The molecule has 0 aliphatic carbocycles. The Labute approximate surface area is 159 Å². The molecular weight excluding hydrogens is 348 g/mol. The zero-order valence-electron chi connectivity index (χ0n) is 17.0. The van der Waals surface area contributed by atoms with E-state index in [1.54, 1.807) is 6.07 Å². The number of nitro groups is 1. The van der Waals surface area contributed by atoms with Gasteiger partial charge in [0, 0.05) is 19.2 Å². The van der Waals surface area contributed by atoms with Gasteiger partial charge in [-0.3, -0.25) is 10.1 Å². The summed E-state index contributed by atoms with van der Waals surface area (Å²) in [4.78, 5) is 10.5. The number of nitrogens with zero attached hydrogens (tertiary/aromatic N) is 3. The largest absolute Gasteiger partial charge is 0.383 e. The molecule has 0 saturated carbocycles. The number of ether oxygens (including phenoxy) is 1. The van der Waals surface area contributed by atoms with Crippen LogP contribution in [0.5, 0.6) is 0 Å². The van der Waals surface area contributed by atoms with E-state index in [1.807, 2.05) is 0 Å². The van der Waals surface area contributed by atoms with Crippen molar-refractivity contribution in [3.63, 3.8) is 0 Å². The Morgan fingerprint density at radius 2 is 1.85 bits per heavy atom. The van der Waals surface area contributed by atoms with E-state index in [4.69, 9.17) is 4.74 Å². The molecule has 27 heavy (non-hydrogen) atoms. The predicted octanol–water partition coefficient (Wildman–Crippen LogP) is 4.80. The van der Waals surface area contributed by atoms with Crippen LogP contribution >= 0.6 is 0 Å². The van der Waals surface area contributed by atoms with Gasteiger partial charge in [-0.2, -0.15) is 0 Å². The van der Waals surface area contributed by atoms with Crippen LogP contribution in [0.1, 0.15) is 54.4 Å². The van der Waals surface area contributed by atoms with Gasteiger partial charge in [0.15, 0.2) is 5.52 Å². The summed E-state index contributed by atoms with van der Waals surface area (Å²) in [5.74, 6) is 0.603. The topological polar surface area (TPSA) is 103 Å². The van der Waals surface area contributed by atoms with Crippen molar-refractivity contribution in [3.05, 3.63) is 22.2 Å². The Kier molecular flexibility index (Phi) is 6.41. The number of nitro benzene ring substituents is 1. The van der Waals surface area contributed by atoms with Crippen LogP contribution in [-0.4, -0.2) is 34.0 Å². The van der Waals surface area contributed by atoms with E-state index in [0.717, 1.165) is 12.8 Å². The highest BCUT2D eigenvalue weighted by molar-refractivity contribution is 5.93. The third-order valence-electron chi connectivity index (χ3n) is 5.44. The summed E-state index contributed by atoms with van der Waals surface area (Å²) < 4.78 is 10.8. The van der Waals surface area contributed by atoms with E-state index < -0.39 is 4.92 Å². The molecule has 1 heterocycles. The van der Waals surface area contributed by atoms with Crippen LogP contribution in [0.4, 0.5) is 11.4 Å². The van der Waals surface area contributed by atoms with Gasteiger partial charge in [0.05, 0.1) is 16.2 Å². The molecule has 1 aromatic heterocycles. The molecule has 0 fully saturated rings. The van der Waals surface area contributed by atoms with E-state index in [9.17, 15) is 10.1 Å². The molecule has 8 heteroatoms. The van der Waals surface area contributed by atoms with Gasteiger partial charge in [-0.05, 0) is 54.4 Å². The third-order valence-corrected chi connectivity index (χ3v) is 5.44. The number of benzene rings is 1. The second-order valence-electron chi connectivity index (χ2n) is 8.53. The minimum absolute atomic E-state index is 0.117. The van der Waals surface area contributed by atoms with Gasteiger partial charge in [-0.1, -0.05) is 27.7 Å². The molecule has 0 aliphatic heterocycles. The lowest BCUT2D eigenvalue weighted by Crippen LogP contribution is -2.30. The highest BCUT2D eigenvalue weighted by atomic mass is 16.6. The zero-order valence-corrected chi connectivity index (χ0v) is 17.0. The van der Waals surface area contributed by atoms with Crippen LogP contribution in [-0.2, 0) is 4.74 Å². The highest BCUT2D eigenvalue weighted by Gasteiger charge is 2.25. The standard InChI is InChI=1S/C19H30N4O4/c1-13(2)18(3,4)10-12-26-19(5,6)9-11-20-14-7-8-15(23(24)25)17-16(14)21-27-22-17/h7-8,13,20H,9-12H2,1-6H3. The van der Waals surface area contributed by atoms with Crippen LogP contribution < -0.4 is 5.32 Å². The maximum atomic E-state index is 11.0. The molecule has 0 radical (unpaired) electrons. The van der Waals surface area contributed by atoms with Crippen LogP contribution in [0, 0.1) is 21.4 Å². The second-order valence-corrected chi connectivity index (χ2v) is 8.53. The third kappa shape index (κ3) is 5.38. The van der Waals surface area contributed by atoms with Gasteiger partial charge >= 0.3 is 5.69 Å². The van der Waals surface area contributed by atoms with E-state index in [2.05, 4.69) is 61.8 Å². The van der Waals surface area contributed by atoms with Crippen molar-refractivity contribution in [2.24, 2.45) is 11.3 Å². The molecule has 0 aliphatic rings. The van der Waals surface area contributed by atoms with Crippen LogP contribution in [0.3, 0.4) is 0 Å². The number of fused-ring (bicyclic) bond motifs is 1. The zero-order chi connectivity index (χ0) is 20.2. The molecule has 2 aromatic rings. The summed E-state index contributed by atoms with van der Waals surface area (Å²) in [7, 11) is 0. The molecule has 0 amide bonds. The summed E-state index contributed by atoms with van der Waals surface area (Å²) in [5.41, 5.74) is 1.03. The molecule has 0 saturated heterocycles. The number of anilines is 1. The maximum Gasteiger partial charge on any atom is 0.300 e. The van der Waals surface area contributed by atoms with Crippen molar-refractivity contribution in [1.82, 2.24) is 10.3 Å². The van der Waals surface area contributed by atoms with E-state index in [0.29, 0.717) is 30.3 Å². The summed E-state index contributed by atoms with van der Waals surface area (Å²) in [6.45, 7) is 14.5. The van der Waals surface area contributed by atoms with E-state index >= 15 is 0 Å². The van der Waals surface area contributed by atoms with Gasteiger partial charge in [0.25, 0.3) is 0 Å². The molecule has 0 spiro atoms. The number of hydrogen-bond acceptors (Lipinski definition) is 7. The fraction of sp³-hybridized carbons (Fsp3) is 0.684. The Balaban J connectivity index is 1.90. The van der Waals surface area contributed by atoms with Crippen molar-refractivity contribution >= 4 is 22.4 Å². The smallest absolute Gasteiger partial charge is 0.300 e. The molecule has 150 valence electrons. The van der Waals surface area contributed by atoms with Crippen molar-refractivity contribution in [1.29, 1.82) is 0 Å². The first-order valence-corrected chi connectivity index (χ1v) is 9.31. The Hall–Kier alpha value is -2.22. The molecule has 0 unspecified atom stereocenters. The number of aromatic nitrogens is 2. The quantitative estimate of drug-likeness (QED) is 0.468. The predicted molar refractivity (Wildman–Crippen MR) is 105 cm³/mol. The number of rotatable bonds is 10. The first kappa shape index (κ1) is 21.1. The first-order chi connectivity index (χ1) is 12.5. The highest BCUT2D eigenvalue weighted by Crippen LogP contribution is 2.31. The van der Waals surface area contributed by atoms with Gasteiger partial charge in [-0.25, -0.2) is 4.63 Å². The van der Waals surface area contributed by atoms with E-state index in [-0.39, 0.29) is 22.2 Å². The van der Waals surface area contributed by atoms with Gasteiger partial charge < -0.3 is 10.1 Å². The molecule has 1 aromatic carbocycles.